The van der Waals surface area contributed by atoms with Gasteiger partial charge in [0.2, 0.25) is 0 Å². The van der Waals surface area contributed by atoms with Crippen LogP contribution in [0.4, 0.5) is 4.39 Å². The van der Waals surface area contributed by atoms with Gasteiger partial charge in [-0.05, 0) is 64.4 Å². The van der Waals surface area contributed by atoms with E-state index >= 15 is 0 Å². The molecule has 8 nitrogen and oxygen atoms in total. The van der Waals surface area contributed by atoms with Crippen LogP contribution in [0, 0.1) is 17.1 Å². The van der Waals surface area contributed by atoms with Crippen LogP contribution in [0.5, 0.6) is 0 Å². The summed E-state index contributed by atoms with van der Waals surface area (Å²) in [6.45, 7) is 6.19. The molecule has 0 bridgehead atoms. The van der Waals surface area contributed by atoms with Crippen molar-refractivity contribution in [3.63, 3.8) is 0 Å². The van der Waals surface area contributed by atoms with E-state index in [1.165, 1.54) is 11.6 Å². The van der Waals surface area contributed by atoms with E-state index in [1.807, 2.05) is 42.5 Å². The molecule has 1 heterocycles. The molecule has 1 amide bonds. The first-order chi connectivity index (χ1) is 22.3. The van der Waals surface area contributed by atoms with E-state index in [4.69, 9.17) is 9.78 Å². The Kier molecular flexibility index (Phi) is 11.8. The third kappa shape index (κ3) is 9.28. The maximum absolute atomic E-state index is 14.8. The molecule has 48 heavy (non-hydrogen) atoms. The van der Waals surface area contributed by atoms with Gasteiger partial charge in [-0.15, -0.1) is 0 Å². The fourth-order valence-corrected chi connectivity index (χ4v) is 5.63. The summed E-state index contributed by atoms with van der Waals surface area (Å²) < 4.78 is 53.2. The Morgan fingerprint density at radius 2 is 1.67 bits per heavy atom. The minimum absolute atomic E-state index is 0. The van der Waals surface area contributed by atoms with Crippen LogP contribution in [0.25, 0.3) is 22.5 Å². The number of aromatic nitrogens is 1. The summed E-state index contributed by atoms with van der Waals surface area (Å²) in [7, 11) is -4.42. The Morgan fingerprint density at radius 1 is 0.979 bits per heavy atom. The maximum Gasteiger partial charge on any atom is 1.00 e. The molecule has 0 saturated carbocycles. The second kappa shape index (κ2) is 15.4. The number of benzene rings is 4. The van der Waals surface area contributed by atoms with Crippen molar-refractivity contribution in [3.05, 3.63) is 136 Å². The molecule has 1 aromatic heterocycles. The van der Waals surface area contributed by atoms with Gasteiger partial charge in [-0.3, -0.25) is 4.79 Å². The number of nitrogens with zero attached hydrogens (tertiary/aromatic N) is 2. The van der Waals surface area contributed by atoms with Crippen LogP contribution in [0.15, 0.2) is 102 Å². The first-order valence-electron chi connectivity index (χ1n) is 15.0. The standard InChI is InChI=1S/C37H34FN3O5S.Na/c1-37(2,3)30-14-12-26(13-15-30)32(19-24-7-10-27(11-8-24)36(42)40-17-18-47(43,44)45)34-22-35(46-41-34)29-6-4-5-28(21-29)31-16-9-25(23-39)20-33(31)38;/h4-16,20-22,32H,17-19H2,1-3H3,(H,40,42)(H,43,44,45);/q;+1/p-1. The molecule has 1 unspecified atom stereocenters. The van der Waals surface area contributed by atoms with Gasteiger partial charge in [0.15, 0.2) is 5.76 Å². The fraction of sp³-hybridized carbons (Fsp3) is 0.216. The quantitative estimate of drug-likeness (QED) is 0.175. The zero-order valence-corrected chi connectivity index (χ0v) is 30.0. The minimum Gasteiger partial charge on any atom is -0.748 e. The van der Waals surface area contributed by atoms with Crippen molar-refractivity contribution in [2.75, 3.05) is 12.3 Å². The van der Waals surface area contributed by atoms with Gasteiger partial charge in [-0.25, -0.2) is 12.8 Å². The molecule has 0 aliphatic carbocycles. The van der Waals surface area contributed by atoms with Crippen molar-refractivity contribution in [3.8, 4) is 28.5 Å². The summed E-state index contributed by atoms with van der Waals surface area (Å²) in [5, 5.41) is 16.0. The van der Waals surface area contributed by atoms with Gasteiger partial charge < -0.3 is 14.4 Å². The van der Waals surface area contributed by atoms with Crippen LogP contribution in [0.1, 0.15) is 65.0 Å². The van der Waals surface area contributed by atoms with E-state index in [-0.39, 0.29) is 53.0 Å². The molecule has 0 radical (unpaired) electrons. The van der Waals surface area contributed by atoms with Gasteiger partial charge in [0.25, 0.3) is 5.91 Å². The smallest absolute Gasteiger partial charge is 0.748 e. The van der Waals surface area contributed by atoms with Crippen molar-refractivity contribution in [2.45, 2.75) is 38.5 Å². The number of hydrogen-bond acceptors (Lipinski definition) is 7. The van der Waals surface area contributed by atoms with Crippen molar-refractivity contribution in [1.82, 2.24) is 10.5 Å². The Hall–Kier alpha value is -4.11. The average molecular weight is 674 g/mol. The first-order valence-corrected chi connectivity index (χ1v) is 16.6. The molecule has 0 saturated heterocycles. The predicted molar refractivity (Wildman–Crippen MR) is 176 cm³/mol. The van der Waals surface area contributed by atoms with E-state index in [2.05, 4.69) is 55.5 Å². The largest absolute Gasteiger partial charge is 1.00 e. The van der Waals surface area contributed by atoms with Crippen LogP contribution in [-0.4, -0.2) is 36.3 Å². The molecule has 0 spiro atoms. The average Bonchev–Trinajstić information content (AvgIpc) is 3.53. The van der Waals surface area contributed by atoms with Crippen molar-refractivity contribution in [1.29, 1.82) is 5.26 Å². The van der Waals surface area contributed by atoms with Crippen LogP contribution in [0.2, 0.25) is 0 Å². The van der Waals surface area contributed by atoms with Gasteiger partial charge in [0, 0.05) is 35.2 Å². The van der Waals surface area contributed by atoms with E-state index in [1.54, 1.807) is 30.3 Å². The second-order valence-electron chi connectivity index (χ2n) is 12.3. The molecule has 5 rings (SSSR count). The molecule has 0 fully saturated rings. The third-order valence-electron chi connectivity index (χ3n) is 7.91. The summed E-state index contributed by atoms with van der Waals surface area (Å²) in [5.41, 5.74) is 6.11. The number of carbonyl (C=O) groups is 1. The van der Waals surface area contributed by atoms with Gasteiger partial charge in [-0.2, -0.15) is 5.26 Å². The summed E-state index contributed by atoms with van der Waals surface area (Å²) in [4.78, 5) is 12.5. The third-order valence-corrected chi connectivity index (χ3v) is 8.62. The number of amides is 1. The fourth-order valence-electron chi connectivity index (χ4n) is 5.28. The van der Waals surface area contributed by atoms with Gasteiger partial charge in [0.05, 0.1) is 33.2 Å². The summed E-state index contributed by atoms with van der Waals surface area (Å²) >= 11 is 0. The molecule has 5 aromatic rings. The van der Waals surface area contributed by atoms with Crippen LogP contribution in [-0.2, 0) is 22.0 Å². The zero-order valence-electron chi connectivity index (χ0n) is 27.2. The van der Waals surface area contributed by atoms with E-state index < -0.39 is 27.6 Å². The van der Waals surface area contributed by atoms with Crippen molar-refractivity contribution in [2.24, 2.45) is 0 Å². The number of nitriles is 1. The summed E-state index contributed by atoms with van der Waals surface area (Å²) in [6.07, 6.45) is 0.535. The summed E-state index contributed by atoms with van der Waals surface area (Å²) in [6, 6.07) is 30.8. The molecule has 1 N–H and O–H groups in total. The van der Waals surface area contributed by atoms with Gasteiger partial charge in [-0.1, -0.05) is 86.6 Å². The van der Waals surface area contributed by atoms with Crippen molar-refractivity contribution >= 4 is 16.0 Å². The Balaban J connectivity index is 0.00000520. The molecular weight excluding hydrogens is 640 g/mol. The molecule has 240 valence electrons. The first kappa shape index (κ1) is 36.7. The Morgan fingerprint density at radius 3 is 2.29 bits per heavy atom. The molecular formula is C37H33FN3NaO5S. The SMILES string of the molecule is CC(C)(C)c1ccc(C(Cc2ccc(C(=O)NCCS(=O)(=O)[O-])cc2)c2cc(-c3cccc(-c4ccc(C#N)cc4F)c3)on2)cc1.[Na+]. The number of hydrogen-bond donors (Lipinski definition) is 1. The number of rotatable bonds is 10. The van der Waals surface area contributed by atoms with Crippen LogP contribution in [0.3, 0.4) is 0 Å². The normalized spacial score (nSPS) is 12.1. The second-order valence-corrected chi connectivity index (χ2v) is 13.9. The monoisotopic (exact) mass is 673 g/mol. The van der Waals surface area contributed by atoms with Crippen LogP contribution >= 0.6 is 0 Å². The molecule has 11 heteroatoms. The number of carbonyl (C=O) groups excluding carboxylic acids is 1. The maximum atomic E-state index is 14.8. The van der Waals surface area contributed by atoms with E-state index in [0.717, 1.165) is 11.1 Å². The van der Waals surface area contributed by atoms with Gasteiger partial charge >= 0.3 is 29.6 Å². The summed E-state index contributed by atoms with van der Waals surface area (Å²) in [5.74, 6) is -1.33. The van der Waals surface area contributed by atoms with Gasteiger partial charge in [0.1, 0.15) is 5.82 Å². The van der Waals surface area contributed by atoms with E-state index in [9.17, 15) is 22.2 Å². The Bertz CT molecular complexity index is 2050. The molecule has 1 atom stereocenters. The van der Waals surface area contributed by atoms with Crippen LogP contribution < -0.4 is 34.9 Å². The topological polar surface area (TPSA) is 136 Å². The molecule has 0 aliphatic heterocycles. The zero-order chi connectivity index (χ0) is 33.8. The number of nitrogens with one attached hydrogen (secondary N) is 1. The predicted octanol–water partition coefficient (Wildman–Crippen LogP) is 3.97. The minimum atomic E-state index is -4.42. The molecule has 4 aromatic carbocycles. The molecule has 0 aliphatic rings. The van der Waals surface area contributed by atoms with Crippen molar-refractivity contribution < 1.29 is 56.2 Å². The Labute approximate surface area is 302 Å². The number of halogens is 1. The van der Waals surface area contributed by atoms with E-state index in [0.29, 0.717) is 40.1 Å².